The number of rotatable bonds is 8. The van der Waals surface area contributed by atoms with Crippen LogP contribution in [-0.4, -0.2) is 35.2 Å². The highest BCUT2D eigenvalue weighted by atomic mass is 32.2. The van der Waals surface area contributed by atoms with E-state index >= 15 is 4.39 Å². The first-order valence-electron chi connectivity index (χ1n) is 10.9. The fourth-order valence-corrected chi connectivity index (χ4v) is 4.67. The van der Waals surface area contributed by atoms with Crippen molar-refractivity contribution in [1.82, 2.24) is 4.98 Å². The molecule has 1 aromatic heterocycles. The number of anilines is 1. The van der Waals surface area contributed by atoms with Gasteiger partial charge in [0.05, 0.1) is 24.1 Å². The van der Waals surface area contributed by atoms with Crippen molar-refractivity contribution >= 4 is 23.4 Å². The second-order valence-corrected chi connectivity index (χ2v) is 8.57. The number of ether oxygens (including phenoxy) is 3. The highest BCUT2D eigenvalue weighted by Crippen LogP contribution is 2.39. The first kappa shape index (κ1) is 25.2. The van der Waals surface area contributed by atoms with Crippen molar-refractivity contribution in [3.8, 4) is 23.4 Å². The van der Waals surface area contributed by atoms with Gasteiger partial charge in [-0.05, 0) is 24.6 Å². The fraction of sp³-hybridized carbons (Fsp3) is 0.240. The maximum absolute atomic E-state index is 15.5. The molecule has 11 heteroatoms. The third-order valence-electron chi connectivity index (χ3n) is 5.23. The lowest BCUT2D eigenvalue weighted by Crippen LogP contribution is -2.40. The molecule has 36 heavy (non-hydrogen) atoms. The smallest absolute Gasteiger partial charge is 0.329 e. The first-order valence-corrected chi connectivity index (χ1v) is 12.0. The number of esters is 1. The van der Waals surface area contributed by atoms with Crippen LogP contribution in [0.5, 0.6) is 17.4 Å². The summed E-state index contributed by atoms with van der Waals surface area (Å²) in [5, 5.41) is 9.28. The lowest BCUT2D eigenvalue weighted by Gasteiger charge is -2.25. The molecule has 4 rings (SSSR count). The Morgan fingerprint density at radius 3 is 2.67 bits per heavy atom. The van der Waals surface area contributed by atoms with Crippen molar-refractivity contribution in [2.75, 3.05) is 23.1 Å². The molecule has 0 radical (unpaired) electrons. The minimum atomic E-state index is -1.61. The van der Waals surface area contributed by atoms with Gasteiger partial charge in [-0.3, -0.25) is 0 Å². The number of hydrogen-bond acceptors (Lipinski definition) is 8. The maximum atomic E-state index is 15.5. The normalized spacial score (nSPS) is 14.9. The Bertz CT molecular complexity index is 1300. The molecule has 1 aliphatic heterocycles. The molecule has 186 valence electrons. The second-order valence-electron chi connectivity index (χ2n) is 7.57. The van der Waals surface area contributed by atoms with Gasteiger partial charge in [-0.25, -0.2) is 4.79 Å². The topological polar surface area (TPSA) is 84.7 Å². The van der Waals surface area contributed by atoms with Gasteiger partial charge in [0.2, 0.25) is 11.6 Å². The van der Waals surface area contributed by atoms with Crippen LogP contribution in [-0.2, 0) is 16.1 Å². The molecular weight excluding hydrogens is 495 g/mol. The number of pyridine rings is 1. The van der Waals surface area contributed by atoms with Crippen molar-refractivity contribution in [3.05, 3.63) is 77.2 Å². The molecule has 0 saturated carbocycles. The highest BCUT2D eigenvalue weighted by Gasteiger charge is 2.38. The van der Waals surface area contributed by atoms with E-state index in [0.29, 0.717) is 0 Å². The Hall–Kier alpha value is -3.91. The molecule has 1 fully saturated rings. The van der Waals surface area contributed by atoms with E-state index in [1.165, 1.54) is 30.0 Å². The maximum Gasteiger partial charge on any atom is 0.329 e. The molecule has 0 amide bonds. The van der Waals surface area contributed by atoms with Crippen LogP contribution < -0.4 is 14.4 Å². The van der Waals surface area contributed by atoms with Gasteiger partial charge in [0.25, 0.3) is 11.8 Å². The van der Waals surface area contributed by atoms with Crippen LogP contribution in [0.15, 0.2) is 48.5 Å². The van der Waals surface area contributed by atoms with Gasteiger partial charge in [-0.1, -0.05) is 30.3 Å². The quantitative estimate of drug-likeness (QED) is 0.300. The van der Waals surface area contributed by atoms with Crippen molar-refractivity contribution in [3.63, 3.8) is 0 Å². The van der Waals surface area contributed by atoms with Gasteiger partial charge < -0.3 is 19.1 Å². The molecule has 2 aromatic carbocycles. The SMILES string of the molecule is CCOC(=O)C1CSCN1c1c(F)c(F)nc(Oc2cc(C#N)ccc2OCc2ccccc2)c1F. The number of thioether (sulfide) groups is 1. The lowest BCUT2D eigenvalue weighted by molar-refractivity contribution is -0.144. The van der Waals surface area contributed by atoms with E-state index in [4.69, 9.17) is 14.2 Å². The molecule has 1 unspecified atom stereocenters. The molecule has 3 aromatic rings. The molecule has 2 heterocycles. The average Bonchev–Trinajstić information content (AvgIpc) is 3.37. The molecule has 1 atom stereocenters. The summed E-state index contributed by atoms with van der Waals surface area (Å²) in [5.41, 5.74) is 0.214. The summed E-state index contributed by atoms with van der Waals surface area (Å²) >= 11 is 1.24. The van der Waals surface area contributed by atoms with Crippen LogP contribution in [0.3, 0.4) is 0 Å². The van der Waals surface area contributed by atoms with Gasteiger partial charge in [0, 0.05) is 11.8 Å². The largest absolute Gasteiger partial charge is 0.485 e. The first-order chi connectivity index (χ1) is 17.4. The number of halogens is 3. The van der Waals surface area contributed by atoms with E-state index in [0.717, 1.165) is 10.5 Å². The molecule has 0 aliphatic carbocycles. The van der Waals surface area contributed by atoms with E-state index in [1.807, 2.05) is 36.4 Å². The van der Waals surface area contributed by atoms with Crippen LogP contribution in [0, 0.1) is 28.9 Å². The monoisotopic (exact) mass is 515 g/mol. The van der Waals surface area contributed by atoms with Crippen molar-refractivity contribution in [2.24, 2.45) is 0 Å². The average molecular weight is 516 g/mol. The van der Waals surface area contributed by atoms with Crippen LogP contribution >= 0.6 is 11.8 Å². The summed E-state index contributed by atoms with van der Waals surface area (Å²) in [4.78, 5) is 16.7. The third kappa shape index (κ3) is 5.33. The highest BCUT2D eigenvalue weighted by molar-refractivity contribution is 7.99. The Labute approximate surface area is 209 Å². The van der Waals surface area contributed by atoms with Crippen LogP contribution in [0.4, 0.5) is 18.9 Å². The zero-order valence-electron chi connectivity index (χ0n) is 19.0. The Morgan fingerprint density at radius 2 is 1.94 bits per heavy atom. The fourth-order valence-electron chi connectivity index (χ4n) is 3.52. The summed E-state index contributed by atoms with van der Waals surface area (Å²) in [6, 6.07) is 14.3. The number of aromatic nitrogens is 1. The third-order valence-corrected chi connectivity index (χ3v) is 6.24. The van der Waals surface area contributed by atoms with Gasteiger partial charge in [0.1, 0.15) is 18.3 Å². The number of benzene rings is 2. The van der Waals surface area contributed by atoms with Crippen molar-refractivity contribution in [2.45, 2.75) is 19.6 Å². The van der Waals surface area contributed by atoms with Crippen LogP contribution in [0.25, 0.3) is 0 Å². The second kappa shape index (κ2) is 11.2. The predicted octanol–water partition coefficient (Wildman–Crippen LogP) is 5.18. The number of carbonyl (C=O) groups is 1. The summed E-state index contributed by atoms with van der Waals surface area (Å²) in [7, 11) is 0. The van der Waals surface area contributed by atoms with Gasteiger partial charge in [-0.15, -0.1) is 11.8 Å². The molecule has 0 bridgehead atoms. The predicted molar refractivity (Wildman–Crippen MR) is 126 cm³/mol. The molecule has 1 saturated heterocycles. The van der Waals surface area contributed by atoms with Crippen LogP contribution in [0.2, 0.25) is 0 Å². The summed E-state index contributed by atoms with van der Waals surface area (Å²) in [6.07, 6.45) is 0. The molecule has 0 N–H and O–H groups in total. The molecule has 0 spiro atoms. The Balaban J connectivity index is 1.69. The number of nitriles is 1. The van der Waals surface area contributed by atoms with Gasteiger partial charge in [-0.2, -0.15) is 23.4 Å². The van der Waals surface area contributed by atoms with E-state index in [-0.39, 0.29) is 41.9 Å². The van der Waals surface area contributed by atoms with Gasteiger partial charge >= 0.3 is 5.97 Å². The summed E-state index contributed by atoms with van der Waals surface area (Å²) < 4.78 is 61.1. The molecular formula is C25H20F3N3O4S. The standard InChI is InChI=1S/C25H20F3N3O4S/c1-2-33-25(32)17-13-36-14-31(17)22-20(26)23(28)30-24(21(22)27)35-19-10-16(11-29)8-9-18(19)34-12-15-6-4-3-5-7-15/h3-10,17H,2,12-14H2,1H3. The number of carbonyl (C=O) groups excluding carboxylic acids is 1. The molecule has 7 nitrogen and oxygen atoms in total. The van der Waals surface area contributed by atoms with Gasteiger partial charge in [0.15, 0.2) is 11.5 Å². The van der Waals surface area contributed by atoms with Crippen molar-refractivity contribution in [1.29, 1.82) is 5.26 Å². The minimum absolute atomic E-state index is 0.0234. The van der Waals surface area contributed by atoms with E-state index < -0.39 is 41.2 Å². The summed E-state index contributed by atoms with van der Waals surface area (Å²) in [5.74, 6) is -5.77. The summed E-state index contributed by atoms with van der Waals surface area (Å²) in [6.45, 7) is 1.82. The van der Waals surface area contributed by atoms with E-state index in [2.05, 4.69) is 4.98 Å². The van der Waals surface area contributed by atoms with E-state index in [9.17, 15) is 18.8 Å². The Morgan fingerprint density at radius 1 is 1.17 bits per heavy atom. The van der Waals surface area contributed by atoms with Crippen molar-refractivity contribution < 1.29 is 32.2 Å². The Kier molecular flexibility index (Phi) is 7.85. The minimum Gasteiger partial charge on any atom is -0.485 e. The van der Waals surface area contributed by atoms with Crippen LogP contribution in [0.1, 0.15) is 18.1 Å². The van der Waals surface area contributed by atoms with E-state index in [1.54, 1.807) is 6.92 Å². The zero-order chi connectivity index (χ0) is 25.7. The lowest BCUT2D eigenvalue weighted by atomic mass is 10.2. The molecule has 1 aliphatic rings. The number of hydrogen-bond donors (Lipinski definition) is 0. The zero-order valence-corrected chi connectivity index (χ0v) is 19.9. The number of nitrogens with zero attached hydrogens (tertiary/aromatic N) is 3.